The number of benzene rings is 2. The molecular formula is C15H12ClNO3. The molecule has 0 saturated carbocycles. The summed E-state index contributed by atoms with van der Waals surface area (Å²) in [4.78, 5) is 10.4. The monoisotopic (exact) mass is 289 g/mol. The van der Waals surface area contributed by atoms with E-state index in [1.807, 2.05) is 36.4 Å². The number of rotatable bonds is 5. The van der Waals surface area contributed by atoms with Crippen LogP contribution in [0.1, 0.15) is 5.56 Å². The molecule has 102 valence electrons. The largest absolute Gasteiger partial charge is 0.483 e. The van der Waals surface area contributed by atoms with Gasteiger partial charge < -0.3 is 4.74 Å². The van der Waals surface area contributed by atoms with Crippen LogP contribution in [-0.2, 0) is 0 Å². The number of nitro benzene ring substituents is 1. The summed E-state index contributed by atoms with van der Waals surface area (Å²) in [7, 11) is 0. The first-order valence-corrected chi connectivity index (χ1v) is 6.33. The molecule has 0 amide bonds. The lowest BCUT2D eigenvalue weighted by molar-refractivity contribution is -0.385. The highest BCUT2D eigenvalue weighted by Crippen LogP contribution is 2.29. The van der Waals surface area contributed by atoms with Crippen molar-refractivity contribution in [2.24, 2.45) is 0 Å². The maximum absolute atomic E-state index is 10.9. The molecule has 0 bridgehead atoms. The van der Waals surface area contributed by atoms with Gasteiger partial charge in [-0.05, 0) is 23.8 Å². The third-order valence-electron chi connectivity index (χ3n) is 2.56. The van der Waals surface area contributed by atoms with Crippen molar-refractivity contribution >= 4 is 23.4 Å². The zero-order valence-electron chi connectivity index (χ0n) is 10.5. The first-order valence-electron chi connectivity index (χ1n) is 5.95. The standard InChI is InChI=1S/C15H12ClNO3/c16-13-8-9-15(14(11-13)17(18)19)20-10-4-7-12-5-2-1-3-6-12/h1-9,11H,10H2. The van der Waals surface area contributed by atoms with Gasteiger partial charge in [-0.1, -0.05) is 48.0 Å². The molecule has 0 heterocycles. The van der Waals surface area contributed by atoms with Crippen molar-refractivity contribution in [3.63, 3.8) is 0 Å². The third kappa shape index (κ3) is 3.83. The lowest BCUT2D eigenvalue weighted by Crippen LogP contribution is -1.98. The topological polar surface area (TPSA) is 52.4 Å². The van der Waals surface area contributed by atoms with Crippen LogP contribution in [-0.4, -0.2) is 11.5 Å². The van der Waals surface area contributed by atoms with E-state index < -0.39 is 4.92 Å². The molecular weight excluding hydrogens is 278 g/mol. The molecule has 0 aliphatic carbocycles. The van der Waals surface area contributed by atoms with E-state index in [1.165, 1.54) is 12.1 Å². The summed E-state index contributed by atoms with van der Waals surface area (Å²) < 4.78 is 5.39. The van der Waals surface area contributed by atoms with Crippen LogP contribution in [0.15, 0.2) is 54.6 Å². The fourth-order valence-corrected chi connectivity index (χ4v) is 1.81. The fraction of sp³-hybridized carbons (Fsp3) is 0.0667. The molecule has 2 aromatic carbocycles. The van der Waals surface area contributed by atoms with Crippen LogP contribution in [0.5, 0.6) is 5.75 Å². The predicted molar refractivity (Wildman–Crippen MR) is 79.1 cm³/mol. The highest BCUT2D eigenvalue weighted by Gasteiger charge is 2.14. The molecule has 0 aromatic heterocycles. The number of nitrogens with zero attached hydrogens (tertiary/aromatic N) is 1. The molecule has 2 rings (SSSR count). The molecule has 2 aromatic rings. The van der Waals surface area contributed by atoms with Crippen molar-refractivity contribution in [3.8, 4) is 5.75 Å². The number of hydrogen-bond acceptors (Lipinski definition) is 3. The van der Waals surface area contributed by atoms with Crippen LogP contribution in [0.3, 0.4) is 0 Å². The quantitative estimate of drug-likeness (QED) is 0.608. The first kappa shape index (κ1) is 14.1. The molecule has 4 nitrogen and oxygen atoms in total. The smallest absolute Gasteiger partial charge is 0.312 e. The van der Waals surface area contributed by atoms with Crippen LogP contribution in [0.4, 0.5) is 5.69 Å². The molecule has 20 heavy (non-hydrogen) atoms. The Labute approximate surface area is 121 Å². The van der Waals surface area contributed by atoms with Crippen LogP contribution in [0.2, 0.25) is 5.02 Å². The molecule has 0 N–H and O–H groups in total. The molecule has 0 aliphatic rings. The van der Waals surface area contributed by atoms with Crippen LogP contribution < -0.4 is 4.74 Å². The molecule has 0 unspecified atom stereocenters. The number of hydrogen-bond donors (Lipinski definition) is 0. The van der Waals surface area contributed by atoms with E-state index in [4.69, 9.17) is 16.3 Å². The molecule has 0 fully saturated rings. The zero-order chi connectivity index (χ0) is 14.4. The lowest BCUT2D eigenvalue weighted by Gasteiger charge is -2.04. The highest BCUT2D eigenvalue weighted by molar-refractivity contribution is 6.30. The van der Waals surface area contributed by atoms with Crippen LogP contribution >= 0.6 is 11.6 Å². The molecule has 0 radical (unpaired) electrons. The average molecular weight is 290 g/mol. The van der Waals surface area contributed by atoms with Gasteiger partial charge in [0.1, 0.15) is 6.61 Å². The van der Waals surface area contributed by atoms with Crippen molar-refractivity contribution in [2.75, 3.05) is 6.61 Å². The van der Waals surface area contributed by atoms with E-state index in [2.05, 4.69) is 0 Å². The Bertz CT molecular complexity index is 626. The fourth-order valence-electron chi connectivity index (χ4n) is 1.64. The van der Waals surface area contributed by atoms with Crippen molar-refractivity contribution in [2.45, 2.75) is 0 Å². The Morgan fingerprint density at radius 2 is 1.95 bits per heavy atom. The van der Waals surface area contributed by atoms with Crippen molar-refractivity contribution in [1.82, 2.24) is 0 Å². The average Bonchev–Trinajstić information content (AvgIpc) is 2.45. The minimum absolute atomic E-state index is 0.134. The summed E-state index contributed by atoms with van der Waals surface area (Å²) in [6.45, 7) is 0.247. The van der Waals surface area contributed by atoms with Gasteiger partial charge in [-0.25, -0.2) is 0 Å². The lowest BCUT2D eigenvalue weighted by atomic mass is 10.2. The Hall–Kier alpha value is -2.33. The van der Waals surface area contributed by atoms with Crippen LogP contribution in [0, 0.1) is 10.1 Å². The molecule has 5 heteroatoms. The van der Waals surface area contributed by atoms with Gasteiger partial charge in [0.2, 0.25) is 0 Å². The van der Waals surface area contributed by atoms with Gasteiger partial charge in [-0.15, -0.1) is 0 Å². The second-order valence-electron chi connectivity index (χ2n) is 3.99. The highest BCUT2D eigenvalue weighted by atomic mass is 35.5. The molecule has 0 saturated heterocycles. The molecule has 0 spiro atoms. The van der Waals surface area contributed by atoms with Gasteiger partial charge >= 0.3 is 5.69 Å². The normalized spacial score (nSPS) is 10.7. The van der Waals surface area contributed by atoms with E-state index in [9.17, 15) is 10.1 Å². The predicted octanol–water partition coefficient (Wildman–Crippen LogP) is 4.34. The maximum Gasteiger partial charge on any atom is 0.312 e. The van der Waals surface area contributed by atoms with Crippen molar-refractivity contribution < 1.29 is 9.66 Å². The summed E-state index contributed by atoms with van der Waals surface area (Å²) >= 11 is 5.73. The number of nitro groups is 1. The summed E-state index contributed by atoms with van der Waals surface area (Å²) in [5, 5.41) is 11.2. The minimum atomic E-state index is -0.512. The zero-order valence-corrected chi connectivity index (χ0v) is 11.3. The van der Waals surface area contributed by atoms with E-state index in [-0.39, 0.29) is 18.0 Å². The van der Waals surface area contributed by atoms with Crippen molar-refractivity contribution in [1.29, 1.82) is 0 Å². The minimum Gasteiger partial charge on any atom is -0.483 e. The summed E-state index contributed by atoms with van der Waals surface area (Å²) in [6.07, 6.45) is 3.69. The van der Waals surface area contributed by atoms with E-state index in [0.717, 1.165) is 5.56 Å². The Morgan fingerprint density at radius 3 is 2.65 bits per heavy atom. The van der Waals surface area contributed by atoms with Gasteiger partial charge in [0.05, 0.1) is 4.92 Å². The first-order chi connectivity index (χ1) is 9.66. The number of ether oxygens (including phenoxy) is 1. The maximum atomic E-state index is 10.9. The van der Waals surface area contributed by atoms with Gasteiger partial charge in [-0.2, -0.15) is 0 Å². The Balaban J connectivity index is 2.01. The van der Waals surface area contributed by atoms with Gasteiger partial charge in [0.15, 0.2) is 5.75 Å². The van der Waals surface area contributed by atoms with Gasteiger partial charge in [0, 0.05) is 11.1 Å². The van der Waals surface area contributed by atoms with Gasteiger partial charge in [0.25, 0.3) is 0 Å². The Morgan fingerprint density at radius 1 is 1.20 bits per heavy atom. The second-order valence-corrected chi connectivity index (χ2v) is 4.43. The van der Waals surface area contributed by atoms with Crippen molar-refractivity contribution in [3.05, 3.63) is 75.3 Å². The van der Waals surface area contributed by atoms with E-state index >= 15 is 0 Å². The number of halogens is 1. The summed E-state index contributed by atoms with van der Waals surface area (Å²) in [6, 6.07) is 14.1. The molecule has 0 atom stereocenters. The summed E-state index contributed by atoms with van der Waals surface area (Å²) in [5.41, 5.74) is 0.910. The van der Waals surface area contributed by atoms with Gasteiger partial charge in [-0.3, -0.25) is 10.1 Å². The molecule has 0 aliphatic heterocycles. The third-order valence-corrected chi connectivity index (χ3v) is 2.80. The van der Waals surface area contributed by atoms with Crippen LogP contribution in [0.25, 0.3) is 6.08 Å². The Kier molecular flexibility index (Phi) is 4.74. The van der Waals surface area contributed by atoms with E-state index in [1.54, 1.807) is 12.1 Å². The van der Waals surface area contributed by atoms with E-state index in [0.29, 0.717) is 5.02 Å². The summed E-state index contributed by atoms with van der Waals surface area (Å²) in [5.74, 6) is 0.206. The second kappa shape index (κ2) is 6.73. The SMILES string of the molecule is O=[N+]([O-])c1cc(Cl)ccc1OCC=Cc1ccccc1.